The molecule has 0 fully saturated rings. The highest BCUT2D eigenvalue weighted by Crippen LogP contribution is 2.37. The molecule has 0 unspecified atom stereocenters. The Bertz CT molecular complexity index is 3280. The number of hydrogen-bond donors (Lipinski definition) is 0. The standard InChI is InChI=1S/C63H52N2Si2/c1-66(2,3)55-45-41-53(42-46-55)64(51-35-27-47(28-36-51)48-31-39-54(40-32-48)65-62-25-15-13-23-60(62)61-24-14-16-26-63(61)65)52-37-29-49(30-38-52)50-33-43-59(44-34-50)67(56-17-7-4-8-18-56,57-19-9-5-10-20-57)58-21-11-6-12-22-58/h4-46H,1-3H3. The van der Waals surface area contributed by atoms with E-state index in [4.69, 9.17) is 0 Å². The first kappa shape index (κ1) is 41.9. The van der Waals surface area contributed by atoms with Gasteiger partial charge in [-0.3, -0.25) is 0 Å². The van der Waals surface area contributed by atoms with Crippen LogP contribution in [0, 0.1) is 0 Å². The highest BCUT2D eigenvalue weighted by atomic mass is 28.3. The zero-order chi connectivity index (χ0) is 45.4. The smallest absolute Gasteiger partial charge is 0.179 e. The maximum Gasteiger partial charge on any atom is 0.179 e. The van der Waals surface area contributed by atoms with Crippen LogP contribution in [0.15, 0.2) is 261 Å². The summed E-state index contributed by atoms with van der Waals surface area (Å²) in [6.45, 7) is 7.23. The molecule has 1 heterocycles. The third kappa shape index (κ3) is 7.74. The molecule has 0 aliphatic heterocycles. The molecule has 0 aliphatic carbocycles. The highest BCUT2D eigenvalue weighted by Gasteiger charge is 2.41. The Kier molecular flexibility index (Phi) is 11.0. The number of para-hydroxylation sites is 2. The Hall–Kier alpha value is -7.77. The van der Waals surface area contributed by atoms with Crippen LogP contribution in [0.5, 0.6) is 0 Å². The Morgan fingerprint density at radius 1 is 0.284 bits per heavy atom. The van der Waals surface area contributed by atoms with E-state index in [0.717, 1.165) is 22.7 Å². The topological polar surface area (TPSA) is 8.17 Å². The van der Waals surface area contributed by atoms with Gasteiger partial charge in [0.25, 0.3) is 0 Å². The van der Waals surface area contributed by atoms with Crippen LogP contribution in [-0.2, 0) is 0 Å². The Labute approximate surface area is 396 Å². The van der Waals surface area contributed by atoms with Crippen molar-refractivity contribution >= 4 is 80.9 Å². The fourth-order valence-electron chi connectivity index (χ4n) is 10.1. The molecule has 4 heteroatoms. The Morgan fingerprint density at radius 2 is 0.582 bits per heavy atom. The zero-order valence-electron chi connectivity index (χ0n) is 38.2. The number of benzene rings is 10. The van der Waals surface area contributed by atoms with E-state index in [-0.39, 0.29) is 0 Å². The molecule has 11 aromatic rings. The van der Waals surface area contributed by atoms with Gasteiger partial charge in [0.15, 0.2) is 8.07 Å². The summed E-state index contributed by atoms with van der Waals surface area (Å²) in [7, 11) is -4.08. The minimum absolute atomic E-state index is 1.12. The van der Waals surface area contributed by atoms with Gasteiger partial charge in [-0.1, -0.05) is 225 Å². The molecule has 67 heavy (non-hydrogen) atoms. The normalized spacial score (nSPS) is 11.8. The van der Waals surface area contributed by atoms with Crippen LogP contribution in [-0.4, -0.2) is 20.7 Å². The molecule has 0 radical (unpaired) electrons. The van der Waals surface area contributed by atoms with E-state index in [1.807, 2.05) is 0 Å². The minimum atomic E-state index is -2.60. The first-order valence-corrected chi connectivity index (χ1v) is 28.8. The van der Waals surface area contributed by atoms with Crippen LogP contribution in [0.25, 0.3) is 49.7 Å². The fourth-order valence-corrected chi connectivity index (χ4v) is 16.1. The number of nitrogens with zero attached hydrogens (tertiary/aromatic N) is 2. The fraction of sp³-hybridized carbons (Fsp3) is 0.0476. The van der Waals surface area contributed by atoms with E-state index in [0.29, 0.717) is 0 Å². The van der Waals surface area contributed by atoms with Crippen molar-refractivity contribution in [3.63, 3.8) is 0 Å². The number of hydrogen-bond acceptors (Lipinski definition) is 1. The molecule has 2 nitrogen and oxygen atoms in total. The predicted molar refractivity (Wildman–Crippen MR) is 293 cm³/mol. The van der Waals surface area contributed by atoms with Crippen molar-refractivity contribution in [2.45, 2.75) is 19.6 Å². The van der Waals surface area contributed by atoms with Crippen molar-refractivity contribution in [2.24, 2.45) is 0 Å². The molecule has 10 aromatic carbocycles. The number of rotatable bonds is 11. The summed E-state index contributed by atoms with van der Waals surface area (Å²) in [5.74, 6) is 0. The van der Waals surface area contributed by atoms with Crippen molar-refractivity contribution in [3.8, 4) is 27.9 Å². The lowest BCUT2D eigenvalue weighted by atomic mass is 10.0. The molecular formula is C63H52N2Si2. The van der Waals surface area contributed by atoms with Crippen LogP contribution in [0.4, 0.5) is 17.1 Å². The number of aromatic nitrogens is 1. The quantitative estimate of drug-likeness (QED) is 0.0928. The van der Waals surface area contributed by atoms with Gasteiger partial charge in [-0.15, -0.1) is 0 Å². The van der Waals surface area contributed by atoms with Gasteiger partial charge in [0.2, 0.25) is 0 Å². The van der Waals surface area contributed by atoms with Gasteiger partial charge in [0, 0.05) is 33.5 Å². The van der Waals surface area contributed by atoms with Crippen molar-refractivity contribution < 1.29 is 0 Å². The Morgan fingerprint density at radius 3 is 0.970 bits per heavy atom. The summed E-state index contributed by atoms with van der Waals surface area (Å²) in [5, 5.41) is 9.50. The van der Waals surface area contributed by atoms with Crippen LogP contribution in [0.2, 0.25) is 19.6 Å². The van der Waals surface area contributed by atoms with E-state index in [1.165, 1.54) is 70.0 Å². The lowest BCUT2D eigenvalue weighted by Gasteiger charge is -2.34. The summed E-state index contributed by atoms with van der Waals surface area (Å²) in [6, 6.07) is 96.6. The van der Waals surface area contributed by atoms with E-state index in [9.17, 15) is 0 Å². The lowest BCUT2D eigenvalue weighted by molar-refractivity contribution is 1.18. The van der Waals surface area contributed by atoms with Crippen molar-refractivity contribution in [1.29, 1.82) is 0 Å². The van der Waals surface area contributed by atoms with Gasteiger partial charge < -0.3 is 9.47 Å². The summed E-state index contributed by atoms with van der Waals surface area (Å²) >= 11 is 0. The van der Waals surface area contributed by atoms with Crippen LogP contribution in [0.3, 0.4) is 0 Å². The molecule has 1 aromatic heterocycles. The van der Waals surface area contributed by atoms with Gasteiger partial charge >= 0.3 is 0 Å². The first-order chi connectivity index (χ1) is 32.9. The minimum Gasteiger partial charge on any atom is -0.311 e. The zero-order valence-corrected chi connectivity index (χ0v) is 40.2. The SMILES string of the molecule is C[Si](C)(C)c1ccc(N(c2ccc(-c3ccc(-n4c5ccccc5c5ccccc54)cc3)cc2)c2ccc(-c3ccc([Si](c4ccccc4)(c4ccccc4)c4ccccc4)cc3)cc2)cc1. The maximum absolute atomic E-state index is 2.60. The second-order valence-electron chi connectivity index (χ2n) is 18.6. The van der Waals surface area contributed by atoms with E-state index in [1.54, 1.807) is 0 Å². The van der Waals surface area contributed by atoms with Gasteiger partial charge in [0.1, 0.15) is 0 Å². The summed E-state index contributed by atoms with van der Waals surface area (Å²) in [5.41, 5.74) is 11.7. The molecule has 0 atom stereocenters. The average molecular weight is 893 g/mol. The summed E-state index contributed by atoms with van der Waals surface area (Å²) in [4.78, 5) is 2.38. The van der Waals surface area contributed by atoms with Gasteiger partial charge in [0.05, 0.1) is 19.1 Å². The van der Waals surface area contributed by atoms with E-state index in [2.05, 4.69) is 290 Å². The van der Waals surface area contributed by atoms with Gasteiger partial charge in [-0.2, -0.15) is 0 Å². The molecule has 0 amide bonds. The molecule has 0 bridgehead atoms. The average Bonchev–Trinajstić information content (AvgIpc) is 3.73. The summed E-state index contributed by atoms with van der Waals surface area (Å²) < 4.78 is 2.37. The number of anilines is 3. The monoisotopic (exact) mass is 892 g/mol. The van der Waals surface area contributed by atoms with Crippen molar-refractivity contribution in [3.05, 3.63) is 261 Å². The Balaban J connectivity index is 0.921. The molecule has 0 spiro atoms. The first-order valence-electron chi connectivity index (χ1n) is 23.3. The molecule has 11 rings (SSSR count). The molecule has 0 N–H and O–H groups in total. The van der Waals surface area contributed by atoms with Crippen LogP contribution < -0.4 is 30.8 Å². The second-order valence-corrected chi connectivity index (χ2v) is 27.5. The largest absolute Gasteiger partial charge is 0.311 e. The molecule has 0 saturated carbocycles. The second kappa shape index (κ2) is 17.6. The third-order valence-corrected chi connectivity index (χ3v) is 20.4. The van der Waals surface area contributed by atoms with Gasteiger partial charge in [-0.05, 0) is 104 Å². The van der Waals surface area contributed by atoms with Gasteiger partial charge in [-0.25, -0.2) is 0 Å². The lowest BCUT2D eigenvalue weighted by Crippen LogP contribution is -2.74. The molecular weight excluding hydrogens is 841 g/mol. The van der Waals surface area contributed by atoms with E-state index >= 15 is 0 Å². The summed E-state index contributed by atoms with van der Waals surface area (Å²) in [6.07, 6.45) is 0. The molecule has 0 saturated heterocycles. The van der Waals surface area contributed by atoms with Crippen LogP contribution in [0.1, 0.15) is 0 Å². The molecule has 322 valence electrons. The molecule has 0 aliphatic rings. The van der Waals surface area contributed by atoms with Crippen molar-refractivity contribution in [1.82, 2.24) is 4.57 Å². The maximum atomic E-state index is 2.41. The van der Waals surface area contributed by atoms with Crippen molar-refractivity contribution in [2.75, 3.05) is 4.90 Å². The number of fused-ring (bicyclic) bond motifs is 3. The predicted octanol–water partition coefficient (Wildman–Crippen LogP) is 13.5. The third-order valence-electron chi connectivity index (χ3n) is 13.6. The highest BCUT2D eigenvalue weighted by molar-refractivity contribution is 7.19. The van der Waals surface area contributed by atoms with E-state index < -0.39 is 16.1 Å². The van der Waals surface area contributed by atoms with Crippen LogP contribution >= 0.6 is 0 Å².